The highest BCUT2D eigenvalue weighted by Gasteiger charge is 2.44. The zero-order valence-corrected chi connectivity index (χ0v) is 11.7. The summed E-state index contributed by atoms with van der Waals surface area (Å²) in [7, 11) is 0. The van der Waals surface area contributed by atoms with Crippen LogP contribution in [0.5, 0.6) is 0 Å². The number of aliphatic hydroxyl groups is 4. The second kappa shape index (κ2) is 5.48. The second-order valence-corrected chi connectivity index (χ2v) is 5.87. The van der Waals surface area contributed by atoms with Gasteiger partial charge in [-0.05, 0) is 22.9 Å². The minimum atomic E-state index is -1.51. The molecule has 7 nitrogen and oxygen atoms in total. The summed E-state index contributed by atoms with van der Waals surface area (Å²) in [5.74, 6) is 0. The average Bonchev–Trinajstić information content (AvgIpc) is 2.96. The highest BCUT2D eigenvalue weighted by atomic mass is 32.1. The lowest BCUT2D eigenvalue weighted by atomic mass is 9.98. The number of thiophene rings is 1. The Morgan fingerprint density at radius 3 is 2.67 bits per heavy atom. The number of aromatic nitrogens is 1. The number of aliphatic hydroxyl groups excluding tert-OH is 4. The lowest BCUT2D eigenvalue weighted by Crippen LogP contribution is -2.57. The van der Waals surface area contributed by atoms with Crippen molar-refractivity contribution in [3.05, 3.63) is 34.1 Å². The van der Waals surface area contributed by atoms with Crippen LogP contribution >= 0.6 is 11.3 Å². The summed E-state index contributed by atoms with van der Waals surface area (Å²) in [6.45, 7) is -0.530. The minimum Gasteiger partial charge on any atom is -0.394 e. The number of hydrogen-bond donors (Lipinski definition) is 4. The normalized spacial score (nSPS) is 33.4. The van der Waals surface area contributed by atoms with Crippen molar-refractivity contribution in [1.82, 2.24) is 4.57 Å². The van der Waals surface area contributed by atoms with Crippen molar-refractivity contribution in [1.29, 1.82) is 0 Å². The van der Waals surface area contributed by atoms with E-state index in [1.807, 2.05) is 0 Å². The lowest BCUT2D eigenvalue weighted by Gasteiger charge is -2.40. The molecule has 0 saturated carbocycles. The van der Waals surface area contributed by atoms with Gasteiger partial charge in [0.1, 0.15) is 24.4 Å². The molecule has 1 aliphatic heterocycles. The van der Waals surface area contributed by atoms with Crippen molar-refractivity contribution in [3.63, 3.8) is 0 Å². The summed E-state index contributed by atoms with van der Waals surface area (Å²) in [6, 6.07) is 3.51. The van der Waals surface area contributed by atoms with Gasteiger partial charge in [0.05, 0.1) is 11.3 Å². The fraction of sp³-hybridized carbons (Fsp3) is 0.462. The molecule has 21 heavy (non-hydrogen) atoms. The number of hydrogen-bond acceptors (Lipinski definition) is 7. The number of ether oxygens (including phenoxy) is 1. The maximum atomic E-state index is 12.4. The van der Waals surface area contributed by atoms with Crippen LogP contribution in [0.4, 0.5) is 0 Å². The summed E-state index contributed by atoms with van der Waals surface area (Å²) < 4.78 is 7.06. The standard InChI is InChI=1S/C13H15NO6S/c15-5-7-8(16)9(17)10(18)13(20-7)14-3-1-6-2-4-21-11(6)12(14)19/h1-4,7-10,13,15-18H,5H2/t7-,8-,9+,10-,13-/m1/s1. The highest BCUT2D eigenvalue weighted by molar-refractivity contribution is 7.17. The monoisotopic (exact) mass is 313 g/mol. The van der Waals surface area contributed by atoms with Gasteiger partial charge < -0.3 is 25.2 Å². The largest absolute Gasteiger partial charge is 0.394 e. The Kier molecular flexibility index (Phi) is 3.82. The van der Waals surface area contributed by atoms with E-state index in [0.717, 1.165) is 5.39 Å². The number of fused-ring (bicyclic) bond motifs is 1. The van der Waals surface area contributed by atoms with Crippen molar-refractivity contribution in [3.8, 4) is 0 Å². The molecule has 1 aliphatic rings. The van der Waals surface area contributed by atoms with Crippen LogP contribution in [0.3, 0.4) is 0 Å². The highest BCUT2D eigenvalue weighted by Crippen LogP contribution is 2.28. The molecule has 0 amide bonds. The smallest absolute Gasteiger partial charge is 0.270 e. The van der Waals surface area contributed by atoms with Crippen LogP contribution in [0.25, 0.3) is 10.1 Å². The molecule has 8 heteroatoms. The van der Waals surface area contributed by atoms with Crippen LogP contribution in [0.2, 0.25) is 0 Å². The first-order valence-corrected chi connectivity index (χ1v) is 7.31. The molecule has 114 valence electrons. The van der Waals surface area contributed by atoms with Gasteiger partial charge in [-0.2, -0.15) is 0 Å². The molecule has 1 saturated heterocycles. The molecule has 2 aromatic rings. The summed E-state index contributed by atoms with van der Waals surface area (Å²) >= 11 is 1.27. The molecule has 0 aliphatic carbocycles. The predicted molar refractivity (Wildman–Crippen MR) is 75.1 cm³/mol. The Labute approximate surface area is 123 Å². The maximum Gasteiger partial charge on any atom is 0.270 e. The topological polar surface area (TPSA) is 112 Å². The van der Waals surface area contributed by atoms with Gasteiger partial charge in [-0.1, -0.05) is 0 Å². The molecular weight excluding hydrogens is 298 g/mol. The van der Waals surface area contributed by atoms with Gasteiger partial charge in [0, 0.05) is 6.20 Å². The Morgan fingerprint density at radius 2 is 1.95 bits per heavy atom. The summed E-state index contributed by atoms with van der Waals surface area (Å²) in [6.07, 6.45) is -5.17. The van der Waals surface area contributed by atoms with E-state index >= 15 is 0 Å². The third kappa shape index (κ3) is 2.30. The van der Waals surface area contributed by atoms with E-state index in [4.69, 9.17) is 4.74 Å². The lowest BCUT2D eigenvalue weighted by molar-refractivity contribution is -0.251. The molecule has 3 heterocycles. The molecule has 0 aromatic carbocycles. The fourth-order valence-electron chi connectivity index (χ4n) is 2.48. The SMILES string of the molecule is O=c1c2sccc2ccn1[C@@H]1O[C@H](CO)[C@@H](O)[C@H](O)[C@H]1O. The van der Waals surface area contributed by atoms with Crippen molar-refractivity contribution >= 4 is 21.4 Å². The van der Waals surface area contributed by atoms with Gasteiger partial charge in [-0.15, -0.1) is 11.3 Å². The van der Waals surface area contributed by atoms with E-state index in [1.165, 1.54) is 22.1 Å². The molecule has 5 atom stereocenters. The number of pyridine rings is 1. The van der Waals surface area contributed by atoms with Gasteiger partial charge >= 0.3 is 0 Å². The molecule has 0 spiro atoms. The Bertz CT molecular complexity index is 695. The van der Waals surface area contributed by atoms with Crippen LogP contribution in [0, 0.1) is 0 Å². The molecule has 3 rings (SSSR count). The summed E-state index contributed by atoms with van der Waals surface area (Å²) in [5, 5.41) is 41.3. The van der Waals surface area contributed by atoms with Crippen molar-refractivity contribution in [2.45, 2.75) is 30.6 Å². The quantitative estimate of drug-likeness (QED) is 0.568. The molecule has 0 radical (unpaired) electrons. The first-order chi connectivity index (χ1) is 10.0. The van der Waals surface area contributed by atoms with Gasteiger partial charge in [0.25, 0.3) is 5.56 Å². The first-order valence-electron chi connectivity index (χ1n) is 6.43. The summed E-state index contributed by atoms with van der Waals surface area (Å²) in [4.78, 5) is 12.4. The van der Waals surface area contributed by atoms with Gasteiger partial charge in [0.15, 0.2) is 6.23 Å². The number of nitrogens with zero attached hydrogens (tertiary/aromatic N) is 1. The van der Waals surface area contributed by atoms with Gasteiger partial charge in [-0.25, -0.2) is 0 Å². The zero-order chi connectivity index (χ0) is 15.1. The Balaban J connectivity index is 2.04. The van der Waals surface area contributed by atoms with Gasteiger partial charge in [0.2, 0.25) is 0 Å². The second-order valence-electron chi connectivity index (χ2n) is 4.95. The minimum absolute atomic E-state index is 0.355. The van der Waals surface area contributed by atoms with Crippen LogP contribution in [-0.4, -0.2) is 56.0 Å². The Morgan fingerprint density at radius 1 is 1.19 bits per heavy atom. The van der Waals surface area contributed by atoms with Crippen molar-refractivity contribution in [2.75, 3.05) is 6.61 Å². The van der Waals surface area contributed by atoms with Crippen LogP contribution in [-0.2, 0) is 4.74 Å². The van der Waals surface area contributed by atoms with E-state index in [0.29, 0.717) is 4.70 Å². The molecule has 1 fully saturated rings. The third-order valence-corrected chi connectivity index (χ3v) is 4.60. The predicted octanol–water partition coefficient (Wildman–Crippen LogP) is -0.965. The first kappa shape index (κ1) is 14.6. The molecular formula is C13H15NO6S. The van der Waals surface area contributed by atoms with Gasteiger partial charge in [-0.3, -0.25) is 9.36 Å². The molecule has 0 unspecified atom stereocenters. The summed E-state index contributed by atoms with van der Waals surface area (Å²) in [5.41, 5.74) is -0.355. The van der Waals surface area contributed by atoms with E-state index in [9.17, 15) is 25.2 Å². The Hall–Kier alpha value is -1.29. The van der Waals surface area contributed by atoms with E-state index < -0.39 is 37.3 Å². The van der Waals surface area contributed by atoms with E-state index in [2.05, 4.69) is 0 Å². The zero-order valence-electron chi connectivity index (χ0n) is 10.9. The number of rotatable bonds is 2. The molecule has 2 aromatic heterocycles. The van der Waals surface area contributed by atoms with Crippen LogP contribution < -0.4 is 5.56 Å². The van der Waals surface area contributed by atoms with E-state index in [-0.39, 0.29) is 5.56 Å². The van der Waals surface area contributed by atoms with Crippen molar-refractivity contribution < 1.29 is 25.2 Å². The van der Waals surface area contributed by atoms with E-state index in [1.54, 1.807) is 17.5 Å². The van der Waals surface area contributed by atoms with Crippen LogP contribution in [0.1, 0.15) is 6.23 Å². The molecule has 0 bridgehead atoms. The molecule has 4 N–H and O–H groups in total. The van der Waals surface area contributed by atoms with Crippen molar-refractivity contribution in [2.24, 2.45) is 0 Å². The average molecular weight is 313 g/mol. The van der Waals surface area contributed by atoms with Crippen LogP contribution in [0.15, 0.2) is 28.5 Å². The maximum absolute atomic E-state index is 12.4. The fourth-order valence-corrected chi connectivity index (χ4v) is 3.31. The third-order valence-electron chi connectivity index (χ3n) is 3.68.